The number of aryl methyl sites for hydroxylation is 2. The van der Waals surface area contributed by atoms with Crippen molar-refractivity contribution in [2.24, 2.45) is 0 Å². The van der Waals surface area contributed by atoms with Gasteiger partial charge in [-0.05, 0) is 43.2 Å². The van der Waals surface area contributed by atoms with Crippen molar-refractivity contribution in [2.75, 3.05) is 5.32 Å². The fourth-order valence-electron chi connectivity index (χ4n) is 2.97. The third-order valence-electron chi connectivity index (χ3n) is 4.69. The third-order valence-corrected chi connectivity index (χ3v) is 4.69. The molecule has 8 nitrogen and oxygen atoms in total. The molecule has 2 heterocycles. The molecule has 158 valence electrons. The number of anilines is 1. The van der Waals surface area contributed by atoms with E-state index in [1.54, 1.807) is 23.7 Å². The van der Waals surface area contributed by atoms with Crippen LogP contribution in [-0.2, 0) is 13.2 Å². The van der Waals surface area contributed by atoms with E-state index in [4.69, 9.17) is 9.26 Å². The van der Waals surface area contributed by atoms with Crippen molar-refractivity contribution < 1.29 is 18.4 Å². The maximum atomic E-state index is 13.0. The van der Waals surface area contributed by atoms with E-state index in [2.05, 4.69) is 20.6 Å². The van der Waals surface area contributed by atoms with E-state index >= 15 is 0 Å². The summed E-state index contributed by atoms with van der Waals surface area (Å²) in [7, 11) is 0. The monoisotopic (exact) mass is 421 g/mol. The molecule has 0 saturated heterocycles. The molecular formula is C22H20FN5O3. The van der Waals surface area contributed by atoms with E-state index in [1.165, 1.54) is 18.5 Å². The molecule has 0 saturated carbocycles. The van der Waals surface area contributed by atoms with Gasteiger partial charge in [0.2, 0.25) is 5.95 Å². The Kier molecular flexibility index (Phi) is 5.74. The molecule has 0 aliphatic carbocycles. The van der Waals surface area contributed by atoms with Crippen LogP contribution in [0.1, 0.15) is 32.9 Å². The van der Waals surface area contributed by atoms with Gasteiger partial charge in [0.1, 0.15) is 30.3 Å². The smallest absolute Gasteiger partial charge is 0.280 e. The van der Waals surface area contributed by atoms with Crippen LogP contribution in [0.25, 0.3) is 0 Å². The molecule has 1 N–H and O–H groups in total. The molecule has 0 radical (unpaired) electrons. The number of hydrogen-bond donors (Lipinski definition) is 1. The molecule has 0 bridgehead atoms. The maximum absolute atomic E-state index is 13.0. The second-order valence-corrected chi connectivity index (χ2v) is 6.97. The largest absolute Gasteiger partial charge is 0.488 e. The van der Waals surface area contributed by atoms with Crippen molar-refractivity contribution in [3.63, 3.8) is 0 Å². The zero-order chi connectivity index (χ0) is 21.8. The third kappa shape index (κ3) is 4.77. The number of ether oxygens (including phenoxy) is 1. The number of benzene rings is 2. The van der Waals surface area contributed by atoms with Crippen molar-refractivity contribution in [1.82, 2.24) is 19.9 Å². The van der Waals surface area contributed by atoms with Gasteiger partial charge in [0.25, 0.3) is 5.91 Å². The van der Waals surface area contributed by atoms with Crippen molar-refractivity contribution >= 4 is 11.9 Å². The molecule has 9 heteroatoms. The molecule has 4 rings (SSSR count). The Hall–Kier alpha value is -4.01. The number of nitrogens with zero attached hydrogens (tertiary/aromatic N) is 4. The summed E-state index contributed by atoms with van der Waals surface area (Å²) in [5.74, 6) is 0.530. The first kappa shape index (κ1) is 20.3. The molecule has 2 aromatic carbocycles. The van der Waals surface area contributed by atoms with Crippen LogP contribution in [0.2, 0.25) is 0 Å². The van der Waals surface area contributed by atoms with Crippen LogP contribution in [0.5, 0.6) is 5.75 Å². The van der Waals surface area contributed by atoms with E-state index in [0.29, 0.717) is 17.9 Å². The molecule has 4 aromatic rings. The quantitative estimate of drug-likeness (QED) is 0.486. The topological polar surface area (TPSA) is 95.1 Å². The van der Waals surface area contributed by atoms with Gasteiger partial charge in [-0.3, -0.25) is 10.1 Å². The minimum Gasteiger partial charge on any atom is -0.488 e. The molecule has 2 aromatic heterocycles. The van der Waals surface area contributed by atoms with Gasteiger partial charge < -0.3 is 9.26 Å². The Morgan fingerprint density at radius 2 is 1.94 bits per heavy atom. The minimum absolute atomic E-state index is 0.112. The van der Waals surface area contributed by atoms with Crippen LogP contribution in [0, 0.1) is 19.7 Å². The van der Waals surface area contributed by atoms with Gasteiger partial charge in [-0.1, -0.05) is 35.5 Å². The molecule has 31 heavy (non-hydrogen) atoms. The fraction of sp³-hybridized carbons (Fsp3) is 0.182. The molecular weight excluding hydrogens is 401 g/mol. The van der Waals surface area contributed by atoms with Gasteiger partial charge in [-0.25, -0.2) is 14.1 Å². The summed E-state index contributed by atoms with van der Waals surface area (Å²) < 4.78 is 25.6. The Morgan fingerprint density at radius 3 is 2.71 bits per heavy atom. The van der Waals surface area contributed by atoms with Crippen LogP contribution >= 0.6 is 0 Å². The highest BCUT2D eigenvalue weighted by Gasteiger charge is 2.22. The number of para-hydroxylation sites is 1. The van der Waals surface area contributed by atoms with Gasteiger partial charge in [0, 0.05) is 0 Å². The number of rotatable bonds is 7. The van der Waals surface area contributed by atoms with Gasteiger partial charge in [0.05, 0.1) is 12.1 Å². The van der Waals surface area contributed by atoms with Crippen LogP contribution in [0.4, 0.5) is 10.3 Å². The predicted molar refractivity (Wildman–Crippen MR) is 110 cm³/mol. The summed E-state index contributed by atoms with van der Waals surface area (Å²) in [4.78, 5) is 16.8. The van der Waals surface area contributed by atoms with Crippen LogP contribution in [0.15, 0.2) is 59.4 Å². The molecule has 0 atom stereocenters. The van der Waals surface area contributed by atoms with Crippen molar-refractivity contribution in [3.05, 3.63) is 88.8 Å². The zero-order valence-corrected chi connectivity index (χ0v) is 17.0. The Labute approximate surface area is 177 Å². The molecule has 0 unspecified atom stereocenters. The van der Waals surface area contributed by atoms with Gasteiger partial charge in [-0.2, -0.15) is 0 Å². The lowest BCUT2D eigenvalue weighted by molar-refractivity contribution is 0.101. The molecule has 0 spiro atoms. The Balaban J connectivity index is 1.43. The Bertz CT molecular complexity index is 1200. The second-order valence-electron chi connectivity index (χ2n) is 6.97. The van der Waals surface area contributed by atoms with Gasteiger partial charge >= 0.3 is 0 Å². The standard InChI is InChI=1S/C22H20FN5O3/c1-14-5-3-4-6-19(14)30-12-18-15(2)31-27-20(18)21(29)25-22-24-13-28(26-22)11-16-7-9-17(23)10-8-16/h3-10,13H,11-12H2,1-2H3,(H,25,26,29). The number of carbonyl (C=O) groups excluding carboxylic acids is 1. The summed E-state index contributed by atoms with van der Waals surface area (Å²) in [5, 5.41) is 10.7. The summed E-state index contributed by atoms with van der Waals surface area (Å²) in [6, 6.07) is 13.7. The number of carbonyl (C=O) groups is 1. The molecule has 0 fully saturated rings. The summed E-state index contributed by atoms with van der Waals surface area (Å²) in [6.45, 7) is 4.18. The first-order valence-electron chi connectivity index (χ1n) is 9.58. The maximum Gasteiger partial charge on any atom is 0.280 e. The predicted octanol–water partition coefficient (Wildman–Crippen LogP) is 3.90. The van der Waals surface area contributed by atoms with E-state index in [1.807, 2.05) is 31.2 Å². The average molecular weight is 421 g/mol. The summed E-state index contributed by atoms with van der Waals surface area (Å²) in [5.41, 5.74) is 2.50. The van der Waals surface area contributed by atoms with Crippen molar-refractivity contribution in [1.29, 1.82) is 0 Å². The second kappa shape index (κ2) is 8.78. The van der Waals surface area contributed by atoms with Gasteiger partial charge in [-0.15, -0.1) is 5.10 Å². The van der Waals surface area contributed by atoms with Crippen LogP contribution < -0.4 is 10.1 Å². The highest BCUT2D eigenvalue weighted by Crippen LogP contribution is 2.21. The number of aromatic nitrogens is 4. The lowest BCUT2D eigenvalue weighted by Gasteiger charge is -2.08. The summed E-state index contributed by atoms with van der Waals surface area (Å²) >= 11 is 0. The number of halogens is 1. The van der Waals surface area contributed by atoms with E-state index in [9.17, 15) is 9.18 Å². The lowest BCUT2D eigenvalue weighted by atomic mass is 10.2. The van der Waals surface area contributed by atoms with Crippen LogP contribution in [-0.4, -0.2) is 25.8 Å². The van der Waals surface area contributed by atoms with Gasteiger partial charge in [0.15, 0.2) is 5.69 Å². The Morgan fingerprint density at radius 1 is 1.16 bits per heavy atom. The van der Waals surface area contributed by atoms with Crippen molar-refractivity contribution in [2.45, 2.75) is 27.0 Å². The first-order chi connectivity index (χ1) is 15.0. The number of nitrogens with one attached hydrogen (secondary N) is 1. The SMILES string of the molecule is Cc1ccccc1OCc1c(C(=O)Nc2ncn(Cc3ccc(F)cc3)n2)noc1C. The summed E-state index contributed by atoms with van der Waals surface area (Å²) in [6.07, 6.45) is 1.48. The first-order valence-corrected chi connectivity index (χ1v) is 9.58. The zero-order valence-electron chi connectivity index (χ0n) is 17.0. The average Bonchev–Trinajstić information content (AvgIpc) is 3.35. The van der Waals surface area contributed by atoms with E-state index < -0.39 is 5.91 Å². The highest BCUT2D eigenvalue weighted by molar-refractivity contribution is 6.02. The highest BCUT2D eigenvalue weighted by atomic mass is 19.1. The number of hydrogen-bond acceptors (Lipinski definition) is 6. The molecule has 0 aliphatic heterocycles. The molecule has 0 aliphatic rings. The molecule has 1 amide bonds. The number of amides is 1. The lowest BCUT2D eigenvalue weighted by Crippen LogP contribution is -2.16. The fourth-order valence-corrected chi connectivity index (χ4v) is 2.97. The van der Waals surface area contributed by atoms with Crippen molar-refractivity contribution in [3.8, 4) is 5.75 Å². The van der Waals surface area contributed by atoms with E-state index in [0.717, 1.165) is 16.9 Å². The van der Waals surface area contributed by atoms with E-state index in [-0.39, 0.29) is 24.1 Å². The minimum atomic E-state index is -0.500. The normalized spacial score (nSPS) is 10.8. The van der Waals surface area contributed by atoms with Crippen LogP contribution in [0.3, 0.4) is 0 Å².